The largest absolute Gasteiger partial charge is 0.395 e. The lowest BCUT2D eigenvalue weighted by Crippen LogP contribution is -2.37. The molecule has 0 aromatic carbocycles. The summed E-state index contributed by atoms with van der Waals surface area (Å²) in [5.74, 6) is 0. The van der Waals surface area contributed by atoms with Gasteiger partial charge in [0.15, 0.2) is 0 Å². The molecule has 3 heterocycles. The van der Waals surface area contributed by atoms with Crippen molar-refractivity contribution in [3.8, 4) is 5.69 Å². The second-order valence-electron chi connectivity index (χ2n) is 4.44. The van der Waals surface area contributed by atoms with Crippen molar-refractivity contribution in [3.63, 3.8) is 0 Å². The molecule has 1 aliphatic rings. The summed E-state index contributed by atoms with van der Waals surface area (Å²) in [5.41, 5.74) is 9.41. The van der Waals surface area contributed by atoms with Crippen LogP contribution in [-0.2, 0) is 4.74 Å². The van der Waals surface area contributed by atoms with Crippen LogP contribution in [0.3, 0.4) is 0 Å². The maximum absolute atomic E-state index is 6.17. The van der Waals surface area contributed by atoms with E-state index in [2.05, 4.69) is 20.2 Å². The van der Waals surface area contributed by atoms with Crippen molar-refractivity contribution in [2.45, 2.75) is 6.92 Å². The second kappa shape index (κ2) is 4.85. The molecule has 1 fully saturated rings. The first kappa shape index (κ1) is 11.9. The number of rotatable bonds is 2. The van der Waals surface area contributed by atoms with E-state index in [1.54, 1.807) is 17.1 Å². The van der Waals surface area contributed by atoms with E-state index in [1.807, 2.05) is 13.1 Å². The van der Waals surface area contributed by atoms with Gasteiger partial charge in [-0.3, -0.25) is 4.98 Å². The Hall–Kier alpha value is -2.15. The summed E-state index contributed by atoms with van der Waals surface area (Å²) in [6.07, 6.45) is 5.27. The normalized spacial score (nSPS) is 15.7. The maximum Gasteiger partial charge on any atom is 0.116 e. The zero-order chi connectivity index (χ0) is 13.2. The van der Waals surface area contributed by atoms with Crippen LogP contribution < -0.4 is 10.6 Å². The van der Waals surface area contributed by atoms with E-state index < -0.39 is 0 Å². The van der Waals surface area contributed by atoms with Crippen LogP contribution >= 0.6 is 0 Å². The lowest BCUT2D eigenvalue weighted by atomic mass is 10.2. The Kier molecular flexibility index (Phi) is 3.04. The molecule has 1 saturated heterocycles. The third-order valence-corrected chi connectivity index (χ3v) is 3.27. The van der Waals surface area contributed by atoms with E-state index in [4.69, 9.17) is 10.5 Å². The van der Waals surface area contributed by atoms with E-state index in [-0.39, 0.29) is 0 Å². The van der Waals surface area contributed by atoms with Gasteiger partial charge >= 0.3 is 0 Å². The molecule has 7 nitrogen and oxygen atoms in total. The summed E-state index contributed by atoms with van der Waals surface area (Å²) < 4.78 is 7.07. The number of pyridine rings is 1. The lowest BCUT2D eigenvalue weighted by molar-refractivity contribution is 0.122. The Morgan fingerprint density at radius 2 is 2.11 bits per heavy atom. The number of hydrogen-bond donors (Lipinski definition) is 1. The summed E-state index contributed by atoms with van der Waals surface area (Å²) >= 11 is 0. The smallest absolute Gasteiger partial charge is 0.116 e. The van der Waals surface area contributed by atoms with Crippen LogP contribution in [0.2, 0.25) is 0 Å². The maximum atomic E-state index is 6.17. The Bertz CT molecular complexity index is 562. The molecule has 0 aliphatic carbocycles. The van der Waals surface area contributed by atoms with E-state index in [0.717, 1.165) is 30.2 Å². The number of hydrogen-bond acceptors (Lipinski definition) is 6. The fourth-order valence-electron chi connectivity index (χ4n) is 2.20. The predicted molar refractivity (Wildman–Crippen MR) is 71.3 cm³/mol. The fraction of sp³-hybridized carbons (Fsp3) is 0.417. The molecule has 19 heavy (non-hydrogen) atoms. The zero-order valence-corrected chi connectivity index (χ0v) is 10.8. The van der Waals surface area contributed by atoms with Crippen molar-refractivity contribution in [1.82, 2.24) is 20.0 Å². The van der Waals surface area contributed by atoms with Crippen LogP contribution in [0.1, 0.15) is 5.69 Å². The van der Waals surface area contributed by atoms with Gasteiger partial charge in [0.1, 0.15) is 5.69 Å². The van der Waals surface area contributed by atoms with Gasteiger partial charge in [-0.25, -0.2) is 4.68 Å². The topological polar surface area (TPSA) is 82.1 Å². The van der Waals surface area contributed by atoms with Gasteiger partial charge in [0.05, 0.1) is 48.9 Å². The summed E-state index contributed by atoms with van der Waals surface area (Å²) in [6, 6.07) is 0. The van der Waals surface area contributed by atoms with Gasteiger partial charge in [-0.2, -0.15) is 0 Å². The number of nitrogens with two attached hydrogens (primary N) is 1. The molecule has 7 heteroatoms. The molecular formula is C12H16N6O. The van der Waals surface area contributed by atoms with Crippen molar-refractivity contribution in [2.75, 3.05) is 36.9 Å². The SMILES string of the molecule is Cc1ncc(N2CCOCC2)c(-n2ccnn2)c1N. The quantitative estimate of drug-likeness (QED) is 0.841. The minimum atomic E-state index is 0.634. The van der Waals surface area contributed by atoms with Gasteiger partial charge < -0.3 is 15.4 Å². The van der Waals surface area contributed by atoms with Crippen LogP contribution in [0.4, 0.5) is 11.4 Å². The molecule has 0 radical (unpaired) electrons. The van der Waals surface area contributed by atoms with Crippen molar-refractivity contribution in [1.29, 1.82) is 0 Å². The Balaban J connectivity index is 2.10. The highest BCUT2D eigenvalue weighted by atomic mass is 16.5. The van der Waals surface area contributed by atoms with Crippen LogP contribution in [0, 0.1) is 6.92 Å². The number of aromatic nitrogens is 4. The first-order valence-corrected chi connectivity index (χ1v) is 6.22. The molecule has 2 N–H and O–H groups in total. The number of morpholine rings is 1. The summed E-state index contributed by atoms with van der Waals surface area (Å²) in [6.45, 7) is 4.96. The highest BCUT2D eigenvalue weighted by molar-refractivity contribution is 5.75. The molecule has 0 unspecified atom stereocenters. The van der Waals surface area contributed by atoms with E-state index in [0.29, 0.717) is 18.9 Å². The average molecular weight is 260 g/mol. The minimum Gasteiger partial charge on any atom is -0.395 e. The van der Waals surface area contributed by atoms with Crippen molar-refractivity contribution >= 4 is 11.4 Å². The molecule has 3 rings (SSSR count). The highest BCUT2D eigenvalue weighted by Crippen LogP contribution is 2.30. The molecule has 0 spiro atoms. The number of anilines is 2. The molecule has 0 bridgehead atoms. The summed E-state index contributed by atoms with van der Waals surface area (Å²) in [5, 5.41) is 7.89. The lowest BCUT2D eigenvalue weighted by Gasteiger charge is -2.30. The standard InChI is InChI=1S/C12H16N6O/c1-9-11(13)12(18-3-2-15-16-18)10(8-14-9)17-4-6-19-7-5-17/h2-3,8H,4-7,13H2,1H3. The molecule has 1 aliphatic heterocycles. The van der Waals surface area contributed by atoms with Crippen molar-refractivity contribution in [3.05, 3.63) is 24.3 Å². The number of aryl methyl sites for hydroxylation is 1. The minimum absolute atomic E-state index is 0.634. The molecule has 2 aromatic rings. The monoisotopic (exact) mass is 260 g/mol. The molecular weight excluding hydrogens is 244 g/mol. The van der Waals surface area contributed by atoms with Crippen molar-refractivity contribution < 1.29 is 4.74 Å². The van der Waals surface area contributed by atoms with Gasteiger partial charge in [0.25, 0.3) is 0 Å². The summed E-state index contributed by atoms with van der Waals surface area (Å²) in [4.78, 5) is 6.57. The van der Waals surface area contributed by atoms with Gasteiger partial charge in [0, 0.05) is 13.1 Å². The van der Waals surface area contributed by atoms with Crippen molar-refractivity contribution in [2.24, 2.45) is 0 Å². The highest BCUT2D eigenvalue weighted by Gasteiger charge is 2.20. The fourth-order valence-corrected chi connectivity index (χ4v) is 2.20. The number of ether oxygens (including phenoxy) is 1. The predicted octanol–water partition coefficient (Wildman–Crippen LogP) is 0.390. The first-order valence-electron chi connectivity index (χ1n) is 6.22. The average Bonchev–Trinajstić information content (AvgIpc) is 2.96. The van der Waals surface area contributed by atoms with Gasteiger partial charge in [-0.1, -0.05) is 5.21 Å². The molecule has 100 valence electrons. The Morgan fingerprint density at radius 3 is 2.79 bits per heavy atom. The van der Waals surface area contributed by atoms with Crippen LogP contribution in [-0.4, -0.2) is 46.3 Å². The summed E-state index contributed by atoms with van der Waals surface area (Å²) in [7, 11) is 0. The van der Waals surface area contributed by atoms with Crippen LogP contribution in [0.5, 0.6) is 0 Å². The zero-order valence-electron chi connectivity index (χ0n) is 10.8. The van der Waals surface area contributed by atoms with Gasteiger partial charge in [-0.05, 0) is 6.92 Å². The number of nitrogen functional groups attached to an aromatic ring is 1. The molecule has 0 amide bonds. The van der Waals surface area contributed by atoms with Crippen LogP contribution in [0.15, 0.2) is 18.6 Å². The van der Waals surface area contributed by atoms with E-state index in [9.17, 15) is 0 Å². The first-order chi connectivity index (χ1) is 9.27. The molecule has 2 aromatic heterocycles. The molecule has 0 atom stereocenters. The third kappa shape index (κ3) is 2.12. The number of nitrogens with zero attached hydrogens (tertiary/aromatic N) is 5. The molecule has 0 saturated carbocycles. The second-order valence-corrected chi connectivity index (χ2v) is 4.44. The van der Waals surface area contributed by atoms with Gasteiger partial charge in [0.2, 0.25) is 0 Å². The Morgan fingerprint density at radius 1 is 1.32 bits per heavy atom. The Labute approximate surface area is 111 Å². The third-order valence-electron chi connectivity index (χ3n) is 3.27. The van der Waals surface area contributed by atoms with E-state index in [1.165, 1.54) is 0 Å². The van der Waals surface area contributed by atoms with Gasteiger partial charge in [-0.15, -0.1) is 5.10 Å². The van der Waals surface area contributed by atoms with Crippen LogP contribution in [0.25, 0.3) is 5.69 Å². The van der Waals surface area contributed by atoms with E-state index >= 15 is 0 Å².